The molecule has 3 unspecified atom stereocenters. The molecule has 2 aromatic rings. The molecule has 2 saturated heterocycles. The minimum atomic E-state index is -0.580. The molecule has 2 aliphatic heterocycles. The van der Waals surface area contributed by atoms with Gasteiger partial charge < -0.3 is 21.1 Å². The lowest BCUT2D eigenvalue weighted by Crippen LogP contribution is -2.43. The van der Waals surface area contributed by atoms with Gasteiger partial charge in [-0.1, -0.05) is 37.3 Å². The molecule has 0 saturated carbocycles. The van der Waals surface area contributed by atoms with E-state index in [1.54, 1.807) is 5.06 Å². The zero-order valence-electron chi connectivity index (χ0n) is 19.8. The fraction of sp³-hybridized carbons (Fsp3) is 0.462. The molecule has 0 bridgehead atoms. The largest absolute Gasteiger partial charge is 0.394 e. The molecule has 34 heavy (non-hydrogen) atoms. The predicted octanol–water partition coefficient (Wildman–Crippen LogP) is 1.78. The van der Waals surface area contributed by atoms with Crippen molar-refractivity contribution < 1.29 is 19.5 Å². The fourth-order valence-corrected chi connectivity index (χ4v) is 5.04. The van der Waals surface area contributed by atoms with Crippen LogP contribution in [0.1, 0.15) is 35.7 Å². The first-order valence-corrected chi connectivity index (χ1v) is 11.9. The molecule has 0 radical (unpaired) electrons. The van der Waals surface area contributed by atoms with E-state index >= 15 is 0 Å². The summed E-state index contributed by atoms with van der Waals surface area (Å²) < 4.78 is 0. The number of likely N-dealkylation sites (N-methyl/N-ethyl adjacent to an activating group) is 1. The molecule has 182 valence electrons. The molecule has 0 aliphatic carbocycles. The number of hydroxylamine groups is 2. The second-order valence-corrected chi connectivity index (χ2v) is 9.32. The lowest BCUT2D eigenvalue weighted by Gasteiger charge is -2.22. The summed E-state index contributed by atoms with van der Waals surface area (Å²) >= 11 is 0. The van der Waals surface area contributed by atoms with Gasteiger partial charge in [0.25, 0.3) is 5.91 Å². The lowest BCUT2D eigenvalue weighted by atomic mass is 9.92. The maximum absolute atomic E-state index is 12.6. The molecule has 0 spiro atoms. The van der Waals surface area contributed by atoms with Crippen LogP contribution in [0.3, 0.4) is 0 Å². The summed E-state index contributed by atoms with van der Waals surface area (Å²) in [7, 11) is 2.06. The van der Waals surface area contributed by atoms with Crippen LogP contribution in [-0.4, -0.2) is 71.8 Å². The minimum absolute atomic E-state index is 0.0480. The van der Waals surface area contributed by atoms with Gasteiger partial charge in [0.15, 0.2) is 0 Å². The molecular formula is C26H34N4O4. The average molecular weight is 467 g/mol. The van der Waals surface area contributed by atoms with Gasteiger partial charge in [-0.25, -0.2) is 0 Å². The van der Waals surface area contributed by atoms with Gasteiger partial charge >= 0.3 is 0 Å². The number of likely N-dealkylation sites (tertiary alicyclic amines) is 1. The SMILES string of the molecule is CCC1C(CO)ON(Cc2cccc(-c3ccc(C(=O)N[C@@H]4CCN(C)C4)cc3)c2)C1C(N)=O. The van der Waals surface area contributed by atoms with E-state index in [9.17, 15) is 14.7 Å². The van der Waals surface area contributed by atoms with Crippen LogP contribution in [0.4, 0.5) is 0 Å². The Labute approximate surface area is 200 Å². The van der Waals surface area contributed by atoms with Crippen LogP contribution in [0.2, 0.25) is 0 Å². The predicted molar refractivity (Wildman–Crippen MR) is 130 cm³/mol. The van der Waals surface area contributed by atoms with E-state index < -0.39 is 18.1 Å². The monoisotopic (exact) mass is 466 g/mol. The number of hydrogen-bond acceptors (Lipinski definition) is 6. The Balaban J connectivity index is 1.45. The third-order valence-electron chi connectivity index (χ3n) is 6.88. The number of aliphatic hydroxyl groups excluding tert-OH is 1. The highest BCUT2D eigenvalue weighted by Gasteiger charge is 2.45. The number of benzene rings is 2. The van der Waals surface area contributed by atoms with E-state index in [2.05, 4.69) is 17.3 Å². The van der Waals surface area contributed by atoms with Crippen LogP contribution in [0.5, 0.6) is 0 Å². The van der Waals surface area contributed by atoms with Crippen molar-refractivity contribution in [1.29, 1.82) is 0 Å². The number of primary amides is 1. The zero-order valence-corrected chi connectivity index (χ0v) is 19.8. The second kappa shape index (κ2) is 10.7. The highest BCUT2D eigenvalue weighted by molar-refractivity contribution is 5.95. The minimum Gasteiger partial charge on any atom is -0.394 e. The number of aliphatic hydroxyl groups is 1. The van der Waals surface area contributed by atoms with Gasteiger partial charge in [-0.2, -0.15) is 5.06 Å². The number of rotatable bonds is 8. The Kier molecular flexibility index (Phi) is 7.63. The maximum atomic E-state index is 12.6. The molecule has 2 aliphatic rings. The van der Waals surface area contributed by atoms with Crippen LogP contribution in [-0.2, 0) is 16.2 Å². The van der Waals surface area contributed by atoms with Crippen molar-refractivity contribution >= 4 is 11.8 Å². The summed E-state index contributed by atoms with van der Waals surface area (Å²) in [5.74, 6) is -0.640. The van der Waals surface area contributed by atoms with E-state index in [-0.39, 0.29) is 24.5 Å². The maximum Gasteiger partial charge on any atom is 0.251 e. The molecule has 2 amide bonds. The van der Waals surface area contributed by atoms with Crippen LogP contribution >= 0.6 is 0 Å². The van der Waals surface area contributed by atoms with Gasteiger partial charge in [0.1, 0.15) is 12.1 Å². The van der Waals surface area contributed by atoms with Gasteiger partial charge in [-0.3, -0.25) is 14.4 Å². The molecule has 0 aromatic heterocycles. The number of carbonyl (C=O) groups excluding carboxylic acids is 2. The van der Waals surface area contributed by atoms with Gasteiger partial charge in [-0.15, -0.1) is 0 Å². The van der Waals surface area contributed by atoms with Crippen molar-refractivity contribution in [3.63, 3.8) is 0 Å². The first-order chi connectivity index (χ1) is 16.4. The Morgan fingerprint density at radius 2 is 1.94 bits per heavy atom. The van der Waals surface area contributed by atoms with E-state index in [4.69, 9.17) is 10.6 Å². The summed E-state index contributed by atoms with van der Waals surface area (Å²) in [5.41, 5.74) is 9.27. The van der Waals surface area contributed by atoms with Crippen molar-refractivity contribution in [3.05, 3.63) is 59.7 Å². The Hall–Kier alpha value is -2.78. The van der Waals surface area contributed by atoms with Crippen molar-refractivity contribution in [1.82, 2.24) is 15.3 Å². The van der Waals surface area contributed by atoms with Crippen molar-refractivity contribution in [2.24, 2.45) is 11.7 Å². The molecule has 8 nitrogen and oxygen atoms in total. The molecule has 4 rings (SSSR count). The topological polar surface area (TPSA) is 108 Å². The third-order valence-corrected chi connectivity index (χ3v) is 6.88. The van der Waals surface area contributed by atoms with Crippen LogP contribution in [0, 0.1) is 5.92 Å². The van der Waals surface area contributed by atoms with Gasteiger partial charge in [0.2, 0.25) is 5.91 Å². The van der Waals surface area contributed by atoms with Crippen molar-refractivity contribution in [2.75, 3.05) is 26.7 Å². The highest BCUT2D eigenvalue weighted by Crippen LogP contribution is 2.32. The Bertz CT molecular complexity index is 1010. The molecule has 2 heterocycles. The Morgan fingerprint density at radius 3 is 2.56 bits per heavy atom. The first kappa shape index (κ1) is 24.3. The second-order valence-electron chi connectivity index (χ2n) is 9.32. The number of hydrogen-bond donors (Lipinski definition) is 3. The Morgan fingerprint density at radius 1 is 1.18 bits per heavy atom. The van der Waals surface area contributed by atoms with Gasteiger partial charge in [0, 0.05) is 24.1 Å². The van der Waals surface area contributed by atoms with E-state index in [0.29, 0.717) is 18.5 Å². The van der Waals surface area contributed by atoms with Gasteiger partial charge in [0.05, 0.1) is 13.2 Å². The number of amides is 2. The summed E-state index contributed by atoms with van der Waals surface area (Å²) in [6.45, 7) is 4.07. The van der Waals surface area contributed by atoms with E-state index in [1.165, 1.54) is 0 Å². The van der Waals surface area contributed by atoms with E-state index in [1.807, 2.05) is 55.5 Å². The van der Waals surface area contributed by atoms with Crippen LogP contribution < -0.4 is 11.1 Å². The van der Waals surface area contributed by atoms with Gasteiger partial charge in [-0.05, 0) is 61.3 Å². The summed E-state index contributed by atoms with van der Waals surface area (Å²) in [5, 5.41) is 14.4. The number of nitrogens with two attached hydrogens (primary N) is 1. The highest BCUT2D eigenvalue weighted by atomic mass is 16.7. The zero-order chi connectivity index (χ0) is 24.2. The number of nitrogens with one attached hydrogen (secondary N) is 1. The smallest absolute Gasteiger partial charge is 0.251 e. The standard InChI is InChI=1S/C26H34N4O4/c1-3-22-23(16-31)34-30(24(22)25(27)32)14-17-5-4-6-20(13-17)18-7-9-19(10-8-18)26(33)28-21-11-12-29(2)15-21/h4-10,13,21-24,31H,3,11-12,14-16H2,1-2H3,(H2,27,32)(H,28,33)/t21-,22?,23?,24?/m1/s1. The normalized spacial score (nSPS) is 25.5. The first-order valence-electron chi connectivity index (χ1n) is 11.9. The molecule has 2 aromatic carbocycles. The average Bonchev–Trinajstić information content (AvgIpc) is 3.41. The molecule has 4 N–H and O–H groups in total. The van der Waals surface area contributed by atoms with Crippen LogP contribution in [0.25, 0.3) is 11.1 Å². The number of carbonyl (C=O) groups is 2. The number of nitrogens with zero attached hydrogens (tertiary/aromatic N) is 2. The molecule has 4 atom stereocenters. The molecule has 2 fully saturated rings. The summed E-state index contributed by atoms with van der Waals surface area (Å²) in [4.78, 5) is 32.8. The summed E-state index contributed by atoms with van der Waals surface area (Å²) in [6.07, 6.45) is 1.23. The third kappa shape index (κ3) is 5.31. The quantitative estimate of drug-likeness (QED) is 0.547. The van der Waals surface area contributed by atoms with Crippen LogP contribution in [0.15, 0.2) is 48.5 Å². The van der Waals surface area contributed by atoms with E-state index in [0.717, 1.165) is 36.2 Å². The molecule has 8 heteroatoms. The fourth-order valence-electron chi connectivity index (χ4n) is 5.04. The molecular weight excluding hydrogens is 432 g/mol. The lowest BCUT2D eigenvalue weighted by molar-refractivity contribution is -0.180. The van der Waals surface area contributed by atoms with Crippen molar-refractivity contribution in [2.45, 2.75) is 44.5 Å². The van der Waals surface area contributed by atoms with Crippen molar-refractivity contribution in [3.8, 4) is 11.1 Å². The summed E-state index contributed by atoms with van der Waals surface area (Å²) in [6, 6.07) is 15.2.